The molecule has 154 valence electrons. The van der Waals surface area contributed by atoms with Crippen molar-refractivity contribution in [2.45, 2.75) is 19.3 Å². The van der Waals surface area contributed by atoms with Crippen molar-refractivity contribution < 1.29 is 9.18 Å². The van der Waals surface area contributed by atoms with Gasteiger partial charge in [-0.25, -0.2) is 4.39 Å². The summed E-state index contributed by atoms with van der Waals surface area (Å²) in [7, 11) is 1.62. The molecule has 7 heteroatoms. The number of halogens is 2. The number of carbonyl (C=O) groups excluding carboxylic acids is 1. The predicted molar refractivity (Wildman–Crippen MR) is 127 cm³/mol. The normalized spacial score (nSPS) is 11.1. The minimum absolute atomic E-state index is 0. The van der Waals surface area contributed by atoms with E-state index in [-0.39, 0.29) is 47.7 Å². The lowest BCUT2D eigenvalue weighted by molar-refractivity contribution is -0.115. The van der Waals surface area contributed by atoms with E-state index in [0.29, 0.717) is 23.8 Å². The Morgan fingerprint density at radius 2 is 1.90 bits per heavy atom. The van der Waals surface area contributed by atoms with Gasteiger partial charge >= 0.3 is 0 Å². The van der Waals surface area contributed by atoms with Crippen molar-refractivity contribution in [3.63, 3.8) is 0 Å². The minimum atomic E-state index is -0.322. The van der Waals surface area contributed by atoms with Crippen LogP contribution in [0.15, 0.2) is 53.5 Å². The highest BCUT2D eigenvalue weighted by Gasteiger charge is 2.21. The predicted octanol–water partition coefficient (Wildman–Crippen LogP) is 3.51. The number of nitrogens with one attached hydrogen (secondary N) is 3. The second-order valence-electron chi connectivity index (χ2n) is 6.95. The molecule has 0 bridgehead atoms. The molecule has 0 aromatic heterocycles. The van der Waals surface area contributed by atoms with Crippen LogP contribution in [0.5, 0.6) is 0 Å². The molecule has 0 saturated heterocycles. The molecule has 1 amide bonds. The molecular weight excluding hydrogens is 482 g/mol. The third kappa shape index (κ3) is 7.74. The van der Waals surface area contributed by atoms with E-state index >= 15 is 0 Å². The van der Waals surface area contributed by atoms with Crippen molar-refractivity contribution in [3.8, 4) is 12.3 Å². The molecule has 0 heterocycles. The van der Waals surface area contributed by atoms with Gasteiger partial charge in [-0.3, -0.25) is 9.79 Å². The number of nitrogens with zero attached hydrogens (tertiary/aromatic N) is 1. The molecule has 0 aliphatic rings. The maximum absolute atomic E-state index is 13.5. The van der Waals surface area contributed by atoms with Crippen molar-refractivity contribution in [1.82, 2.24) is 10.6 Å². The fraction of sp³-hybridized carbons (Fsp3) is 0.273. The highest BCUT2D eigenvalue weighted by molar-refractivity contribution is 14.0. The molecule has 0 atom stereocenters. The average Bonchev–Trinajstić information content (AvgIpc) is 2.68. The van der Waals surface area contributed by atoms with Gasteiger partial charge < -0.3 is 16.0 Å². The van der Waals surface area contributed by atoms with E-state index in [1.54, 1.807) is 37.4 Å². The Hall–Kier alpha value is -2.60. The highest BCUT2D eigenvalue weighted by atomic mass is 127. The molecule has 0 radical (unpaired) electrons. The van der Waals surface area contributed by atoms with Crippen LogP contribution >= 0.6 is 24.0 Å². The lowest BCUT2D eigenvalue weighted by Gasteiger charge is -2.26. The Labute approximate surface area is 188 Å². The standard InChI is InChI=1S/C22H25FN4O.HI/c1-5-16-8-6-11-19(12-16)27-20(28)14-25-21(24-4)26-15-22(2,3)17-9-7-10-18(23)13-17;/h1,6-13H,14-15H2,2-4H3,(H,27,28)(H2,24,25,26);1H. The van der Waals surface area contributed by atoms with Gasteiger partial charge in [0.1, 0.15) is 5.82 Å². The van der Waals surface area contributed by atoms with Crippen LogP contribution in [0.3, 0.4) is 0 Å². The summed E-state index contributed by atoms with van der Waals surface area (Å²) in [5.74, 6) is 2.53. The van der Waals surface area contributed by atoms with Gasteiger partial charge in [-0.05, 0) is 35.9 Å². The second kappa shape index (κ2) is 11.4. The van der Waals surface area contributed by atoms with Gasteiger partial charge in [-0.15, -0.1) is 30.4 Å². The smallest absolute Gasteiger partial charge is 0.243 e. The first-order chi connectivity index (χ1) is 13.3. The first kappa shape index (κ1) is 24.4. The number of anilines is 1. The van der Waals surface area contributed by atoms with Crippen LogP contribution in [0.1, 0.15) is 25.0 Å². The zero-order valence-corrected chi connectivity index (χ0v) is 19.1. The Balaban J connectivity index is 0.00000420. The molecule has 0 unspecified atom stereocenters. The zero-order chi connectivity index (χ0) is 20.6. The fourth-order valence-corrected chi connectivity index (χ4v) is 2.59. The molecule has 0 aliphatic heterocycles. The summed E-state index contributed by atoms with van der Waals surface area (Å²) < 4.78 is 13.5. The molecule has 5 nitrogen and oxygen atoms in total. The van der Waals surface area contributed by atoms with E-state index < -0.39 is 0 Å². The molecule has 0 saturated carbocycles. The van der Waals surface area contributed by atoms with Crippen molar-refractivity contribution in [2.75, 3.05) is 25.5 Å². The Morgan fingerprint density at radius 3 is 2.55 bits per heavy atom. The van der Waals surface area contributed by atoms with Gasteiger partial charge in [-0.2, -0.15) is 0 Å². The van der Waals surface area contributed by atoms with Crippen molar-refractivity contribution in [3.05, 3.63) is 65.5 Å². The maximum Gasteiger partial charge on any atom is 0.243 e. The monoisotopic (exact) mass is 508 g/mol. The van der Waals surface area contributed by atoms with Gasteiger partial charge in [0.05, 0.1) is 6.54 Å². The van der Waals surface area contributed by atoms with E-state index in [4.69, 9.17) is 6.42 Å². The molecule has 2 rings (SSSR count). The van der Waals surface area contributed by atoms with Gasteiger partial charge in [0, 0.05) is 30.3 Å². The topological polar surface area (TPSA) is 65.5 Å². The zero-order valence-electron chi connectivity index (χ0n) is 16.8. The van der Waals surface area contributed by atoms with E-state index in [1.165, 1.54) is 12.1 Å². The third-order valence-corrected chi connectivity index (χ3v) is 4.26. The number of carbonyl (C=O) groups is 1. The molecule has 0 spiro atoms. The summed E-state index contributed by atoms with van der Waals surface area (Å²) in [5.41, 5.74) is 1.89. The molecule has 0 fully saturated rings. The Kier molecular flexibility index (Phi) is 9.62. The highest BCUT2D eigenvalue weighted by Crippen LogP contribution is 2.22. The largest absolute Gasteiger partial charge is 0.356 e. The summed E-state index contributed by atoms with van der Waals surface area (Å²) in [5, 5.41) is 8.92. The number of guanidine groups is 1. The van der Waals surface area contributed by atoms with Gasteiger partial charge in [0.15, 0.2) is 5.96 Å². The van der Waals surface area contributed by atoms with Crippen LogP contribution < -0.4 is 16.0 Å². The number of hydrogen-bond acceptors (Lipinski definition) is 2. The number of aliphatic imine (C=N–C) groups is 1. The fourth-order valence-electron chi connectivity index (χ4n) is 2.59. The summed E-state index contributed by atoms with van der Waals surface area (Å²) >= 11 is 0. The lowest BCUT2D eigenvalue weighted by Crippen LogP contribution is -2.45. The van der Waals surface area contributed by atoms with Crippen LogP contribution in [-0.4, -0.2) is 32.0 Å². The molecule has 3 N–H and O–H groups in total. The van der Waals surface area contributed by atoms with Crippen molar-refractivity contribution in [2.24, 2.45) is 4.99 Å². The Morgan fingerprint density at radius 1 is 1.17 bits per heavy atom. The molecule has 2 aromatic carbocycles. The van der Waals surface area contributed by atoms with Crippen LogP contribution in [-0.2, 0) is 10.2 Å². The lowest BCUT2D eigenvalue weighted by atomic mass is 9.84. The molecule has 2 aromatic rings. The molecule has 29 heavy (non-hydrogen) atoms. The van der Waals surface area contributed by atoms with E-state index in [0.717, 1.165) is 5.56 Å². The van der Waals surface area contributed by atoms with E-state index in [2.05, 4.69) is 26.9 Å². The van der Waals surface area contributed by atoms with E-state index in [9.17, 15) is 9.18 Å². The maximum atomic E-state index is 13.5. The van der Waals surface area contributed by atoms with Gasteiger partial charge in [0.2, 0.25) is 5.91 Å². The number of amides is 1. The van der Waals surface area contributed by atoms with Crippen LogP contribution in [0.4, 0.5) is 10.1 Å². The summed E-state index contributed by atoms with van der Waals surface area (Å²) in [6.07, 6.45) is 5.36. The number of rotatable bonds is 6. The average molecular weight is 508 g/mol. The van der Waals surface area contributed by atoms with Crippen LogP contribution in [0.2, 0.25) is 0 Å². The van der Waals surface area contributed by atoms with Crippen molar-refractivity contribution in [1.29, 1.82) is 0 Å². The van der Waals surface area contributed by atoms with Crippen molar-refractivity contribution >= 4 is 41.5 Å². The number of hydrogen-bond donors (Lipinski definition) is 3. The van der Waals surface area contributed by atoms with E-state index in [1.807, 2.05) is 19.9 Å². The van der Waals surface area contributed by atoms with Crippen LogP contribution in [0, 0.1) is 18.2 Å². The summed E-state index contributed by atoms with van der Waals surface area (Å²) in [4.78, 5) is 16.3. The molecular formula is C22H26FIN4O. The summed E-state index contributed by atoms with van der Waals surface area (Å²) in [6, 6.07) is 13.6. The Bertz CT molecular complexity index is 906. The first-order valence-corrected chi connectivity index (χ1v) is 8.91. The van der Waals surface area contributed by atoms with Gasteiger partial charge in [-0.1, -0.05) is 38.0 Å². The number of terminal acetylenes is 1. The summed E-state index contributed by atoms with van der Waals surface area (Å²) in [6.45, 7) is 4.57. The molecule has 0 aliphatic carbocycles. The van der Waals surface area contributed by atoms with Gasteiger partial charge in [0.25, 0.3) is 0 Å². The number of benzene rings is 2. The first-order valence-electron chi connectivity index (χ1n) is 8.91. The van der Waals surface area contributed by atoms with Crippen LogP contribution in [0.25, 0.3) is 0 Å². The minimum Gasteiger partial charge on any atom is -0.356 e. The quantitative estimate of drug-likeness (QED) is 0.242. The third-order valence-electron chi connectivity index (χ3n) is 4.26. The second-order valence-corrected chi connectivity index (χ2v) is 6.95. The SMILES string of the molecule is C#Cc1cccc(NC(=O)CNC(=NC)NCC(C)(C)c2cccc(F)c2)c1.I.